The number of hydrogen-bond acceptors (Lipinski definition) is 2. The minimum atomic E-state index is 0.615. The number of piperidine rings is 1. The Morgan fingerprint density at radius 1 is 1.00 bits per heavy atom. The first-order valence-electron chi connectivity index (χ1n) is 6.56. The van der Waals surface area contributed by atoms with Crippen molar-refractivity contribution in [2.75, 3.05) is 20.2 Å². The monoisotopic (exact) mass is 209 g/mol. The Labute approximate surface area is 93.0 Å². The smallest absolute Gasteiger partial charge is 0.0660 e. The van der Waals surface area contributed by atoms with Gasteiger partial charge < -0.3 is 4.74 Å². The van der Waals surface area contributed by atoms with Crippen LogP contribution in [0.3, 0.4) is 0 Å². The van der Waals surface area contributed by atoms with E-state index >= 15 is 0 Å². The first kappa shape index (κ1) is 10.1. The van der Waals surface area contributed by atoms with Gasteiger partial charge in [-0.25, -0.2) is 0 Å². The average Bonchev–Trinajstić information content (AvgIpc) is 2.72. The van der Waals surface area contributed by atoms with Gasteiger partial charge in [0.15, 0.2) is 0 Å². The summed E-state index contributed by atoms with van der Waals surface area (Å²) in [5.41, 5.74) is 0. The summed E-state index contributed by atoms with van der Waals surface area (Å²) in [6.07, 6.45) is 6.40. The molecule has 0 aromatic carbocycles. The van der Waals surface area contributed by atoms with Crippen molar-refractivity contribution in [1.82, 2.24) is 4.90 Å². The molecule has 0 N–H and O–H groups in total. The number of nitrogens with zero attached hydrogens (tertiary/aromatic N) is 1. The van der Waals surface area contributed by atoms with Crippen LogP contribution in [0, 0.1) is 17.8 Å². The third-order valence-electron chi connectivity index (χ3n) is 4.92. The third-order valence-corrected chi connectivity index (χ3v) is 4.92. The lowest BCUT2D eigenvalue weighted by molar-refractivity contribution is 0.0975. The lowest BCUT2D eigenvalue weighted by atomic mass is 9.86. The number of fused-ring (bicyclic) bond motifs is 1. The Morgan fingerprint density at radius 2 is 1.60 bits per heavy atom. The van der Waals surface area contributed by atoms with Crippen molar-refractivity contribution in [1.29, 1.82) is 0 Å². The third kappa shape index (κ3) is 1.72. The van der Waals surface area contributed by atoms with Crippen molar-refractivity contribution in [2.45, 2.75) is 44.8 Å². The van der Waals surface area contributed by atoms with Gasteiger partial charge in [-0.2, -0.15) is 0 Å². The van der Waals surface area contributed by atoms with Crippen LogP contribution in [-0.2, 0) is 4.74 Å². The molecule has 2 heteroatoms. The van der Waals surface area contributed by atoms with Crippen molar-refractivity contribution in [3.63, 3.8) is 0 Å². The minimum Gasteiger partial charge on any atom is -0.381 e. The zero-order valence-corrected chi connectivity index (χ0v) is 9.98. The summed E-state index contributed by atoms with van der Waals surface area (Å²) in [4.78, 5) is 2.75. The van der Waals surface area contributed by atoms with E-state index in [0.717, 1.165) is 23.8 Å². The summed E-state index contributed by atoms with van der Waals surface area (Å²) in [5, 5.41) is 0. The Hall–Kier alpha value is -0.0800. The molecule has 0 aromatic heterocycles. The van der Waals surface area contributed by atoms with Gasteiger partial charge in [0.1, 0.15) is 0 Å². The molecule has 86 valence electrons. The van der Waals surface area contributed by atoms with Crippen molar-refractivity contribution in [2.24, 2.45) is 17.8 Å². The molecule has 0 bridgehead atoms. The highest BCUT2D eigenvalue weighted by molar-refractivity contribution is 5.07. The maximum absolute atomic E-state index is 5.45. The Kier molecular flexibility index (Phi) is 2.52. The van der Waals surface area contributed by atoms with Crippen molar-refractivity contribution >= 4 is 0 Å². The van der Waals surface area contributed by atoms with Crippen LogP contribution in [-0.4, -0.2) is 37.2 Å². The van der Waals surface area contributed by atoms with Gasteiger partial charge in [-0.3, -0.25) is 4.90 Å². The Balaban J connectivity index is 1.50. The summed E-state index contributed by atoms with van der Waals surface area (Å²) in [5.74, 6) is 2.74. The molecule has 2 saturated carbocycles. The van der Waals surface area contributed by atoms with Gasteiger partial charge in [0.05, 0.1) is 6.10 Å². The highest BCUT2D eigenvalue weighted by Crippen LogP contribution is 2.48. The molecule has 2 atom stereocenters. The first-order chi connectivity index (χ1) is 7.29. The molecule has 0 spiro atoms. The van der Waals surface area contributed by atoms with Crippen molar-refractivity contribution < 1.29 is 4.74 Å². The van der Waals surface area contributed by atoms with Gasteiger partial charge in [0.2, 0.25) is 0 Å². The first-order valence-corrected chi connectivity index (χ1v) is 6.56. The molecule has 0 aromatic rings. The summed E-state index contributed by atoms with van der Waals surface area (Å²) in [6.45, 7) is 5.04. The molecule has 0 radical (unpaired) electrons. The topological polar surface area (TPSA) is 12.5 Å². The highest BCUT2D eigenvalue weighted by Gasteiger charge is 2.57. The lowest BCUT2D eigenvalue weighted by Gasteiger charge is -2.34. The lowest BCUT2D eigenvalue weighted by Crippen LogP contribution is -2.38. The van der Waals surface area contributed by atoms with E-state index in [1.165, 1.54) is 38.8 Å². The number of ether oxygens (including phenoxy) is 1. The molecule has 3 aliphatic rings. The fraction of sp³-hybridized carbons (Fsp3) is 1.00. The fourth-order valence-electron chi connectivity index (χ4n) is 3.76. The Morgan fingerprint density at radius 3 is 2.13 bits per heavy atom. The van der Waals surface area contributed by atoms with Gasteiger partial charge in [-0.1, -0.05) is 6.92 Å². The molecule has 3 rings (SSSR count). The maximum atomic E-state index is 5.45. The van der Waals surface area contributed by atoms with Crippen LogP contribution in [0.2, 0.25) is 0 Å². The average molecular weight is 209 g/mol. The quantitative estimate of drug-likeness (QED) is 0.691. The van der Waals surface area contributed by atoms with Gasteiger partial charge >= 0.3 is 0 Å². The van der Waals surface area contributed by atoms with Gasteiger partial charge in [0.25, 0.3) is 0 Å². The molecule has 1 aliphatic heterocycles. The molecular weight excluding hydrogens is 186 g/mol. The van der Waals surface area contributed by atoms with Crippen LogP contribution in [0.25, 0.3) is 0 Å². The van der Waals surface area contributed by atoms with Crippen LogP contribution in [0.1, 0.15) is 32.6 Å². The van der Waals surface area contributed by atoms with E-state index in [-0.39, 0.29) is 0 Å². The van der Waals surface area contributed by atoms with Gasteiger partial charge in [-0.15, -0.1) is 0 Å². The molecule has 2 nitrogen and oxygen atoms in total. The predicted octanol–water partition coefficient (Wildman–Crippen LogP) is 2.14. The second-order valence-electron chi connectivity index (χ2n) is 5.90. The number of rotatable bonds is 2. The van der Waals surface area contributed by atoms with Crippen molar-refractivity contribution in [3.8, 4) is 0 Å². The second-order valence-corrected chi connectivity index (χ2v) is 5.90. The van der Waals surface area contributed by atoms with Crippen molar-refractivity contribution in [3.05, 3.63) is 0 Å². The molecule has 3 fully saturated rings. The largest absolute Gasteiger partial charge is 0.381 e. The standard InChI is InChI=1S/C13H23NO/c1-9-3-5-10(6-4-9)14-7-11-12(8-14)13(11)15-2/h9-13H,3-8H2,1-2H3. The number of hydrogen-bond donors (Lipinski definition) is 0. The van der Waals surface area contributed by atoms with E-state index < -0.39 is 0 Å². The summed E-state index contributed by atoms with van der Waals surface area (Å²) in [7, 11) is 1.87. The van der Waals surface area contributed by atoms with Gasteiger partial charge in [-0.05, 0) is 31.6 Å². The molecule has 2 aliphatic carbocycles. The van der Waals surface area contributed by atoms with Crippen LogP contribution in [0.4, 0.5) is 0 Å². The zero-order chi connectivity index (χ0) is 10.4. The van der Waals surface area contributed by atoms with E-state index in [1.54, 1.807) is 0 Å². The number of likely N-dealkylation sites (tertiary alicyclic amines) is 1. The minimum absolute atomic E-state index is 0.615. The zero-order valence-electron chi connectivity index (χ0n) is 9.98. The SMILES string of the molecule is COC1C2CN(C3CCC(C)CC3)CC21. The summed E-state index contributed by atoms with van der Waals surface area (Å²) >= 11 is 0. The molecule has 1 saturated heterocycles. The summed E-state index contributed by atoms with van der Waals surface area (Å²) < 4.78 is 5.45. The van der Waals surface area contributed by atoms with E-state index in [0.29, 0.717) is 6.10 Å². The highest BCUT2D eigenvalue weighted by atomic mass is 16.5. The van der Waals surface area contributed by atoms with Crippen LogP contribution in [0.5, 0.6) is 0 Å². The van der Waals surface area contributed by atoms with E-state index in [1.807, 2.05) is 7.11 Å². The fourth-order valence-corrected chi connectivity index (χ4v) is 3.76. The second kappa shape index (κ2) is 3.74. The van der Waals surface area contributed by atoms with E-state index in [4.69, 9.17) is 4.74 Å². The Bertz CT molecular complexity index is 223. The normalized spacial score (nSPS) is 50.4. The summed E-state index contributed by atoms with van der Waals surface area (Å²) in [6, 6.07) is 0.909. The molecule has 0 amide bonds. The van der Waals surface area contributed by atoms with E-state index in [9.17, 15) is 0 Å². The molecular formula is C13H23NO. The van der Waals surface area contributed by atoms with Crippen LogP contribution >= 0.6 is 0 Å². The van der Waals surface area contributed by atoms with Crippen LogP contribution in [0.15, 0.2) is 0 Å². The predicted molar refractivity (Wildman–Crippen MR) is 60.8 cm³/mol. The van der Waals surface area contributed by atoms with Crippen LogP contribution < -0.4 is 0 Å². The maximum Gasteiger partial charge on any atom is 0.0660 e. The van der Waals surface area contributed by atoms with Gasteiger partial charge in [0, 0.05) is 38.1 Å². The number of methoxy groups -OCH3 is 1. The van der Waals surface area contributed by atoms with E-state index in [2.05, 4.69) is 11.8 Å². The molecule has 15 heavy (non-hydrogen) atoms. The molecule has 1 heterocycles. The molecule has 2 unspecified atom stereocenters.